The van der Waals surface area contributed by atoms with Crippen LogP contribution in [-0.4, -0.2) is 60.8 Å². The van der Waals surface area contributed by atoms with Crippen molar-refractivity contribution in [3.05, 3.63) is 35.4 Å². The molecule has 1 aliphatic carbocycles. The highest BCUT2D eigenvalue weighted by atomic mass is 16.2. The Morgan fingerprint density at radius 2 is 1.68 bits per heavy atom. The monoisotopic (exact) mass is 302 g/mol. The minimum atomic E-state index is 0.336. The smallest absolute Gasteiger partial charge is 0.0431 e. The highest BCUT2D eigenvalue weighted by Crippen LogP contribution is 2.26. The number of aryl methyl sites for hydroxylation is 1. The summed E-state index contributed by atoms with van der Waals surface area (Å²) in [5, 5.41) is 8.86. The van der Waals surface area contributed by atoms with Gasteiger partial charge in [-0.3, -0.25) is 0 Å². The second-order valence-electron chi connectivity index (χ2n) is 6.95. The normalized spacial score (nSPS) is 23.4. The summed E-state index contributed by atoms with van der Waals surface area (Å²) in [5.41, 5.74) is 3.16. The molecule has 0 aromatic heterocycles. The number of fused-ring (bicyclic) bond motifs is 1. The van der Waals surface area contributed by atoms with Gasteiger partial charge >= 0.3 is 0 Å². The molecule has 1 saturated heterocycles. The van der Waals surface area contributed by atoms with E-state index in [9.17, 15) is 0 Å². The molecule has 1 fully saturated rings. The molecule has 1 heterocycles. The SMILES string of the molecule is OCCCCN1CCN(CC2CCc3ccccc3C2)CC1. The molecular weight excluding hydrogens is 272 g/mol. The van der Waals surface area contributed by atoms with E-state index in [2.05, 4.69) is 34.1 Å². The third kappa shape index (κ3) is 4.31. The first-order chi connectivity index (χ1) is 10.8. The molecule has 0 spiro atoms. The van der Waals surface area contributed by atoms with Gasteiger partial charge in [0, 0.05) is 39.3 Å². The number of nitrogens with zero attached hydrogens (tertiary/aromatic N) is 2. The Morgan fingerprint density at radius 3 is 2.45 bits per heavy atom. The zero-order valence-electron chi connectivity index (χ0n) is 13.7. The van der Waals surface area contributed by atoms with Gasteiger partial charge in [-0.15, -0.1) is 0 Å². The minimum Gasteiger partial charge on any atom is -0.396 e. The highest BCUT2D eigenvalue weighted by molar-refractivity contribution is 5.29. The van der Waals surface area contributed by atoms with Crippen molar-refractivity contribution in [2.24, 2.45) is 5.92 Å². The summed E-state index contributed by atoms with van der Waals surface area (Å²) in [6.45, 7) is 7.62. The highest BCUT2D eigenvalue weighted by Gasteiger charge is 2.23. The third-order valence-corrected chi connectivity index (χ3v) is 5.31. The molecule has 3 nitrogen and oxygen atoms in total. The second-order valence-corrected chi connectivity index (χ2v) is 6.95. The summed E-state index contributed by atoms with van der Waals surface area (Å²) >= 11 is 0. The molecule has 1 aliphatic heterocycles. The van der Waals surface area contributed by atoms with Crippen LogP contribution in [-0.2, 0) is 12.8 Å². The van der Waals surface area contributed by atoms with E-state index in [1.165, 1.54) is 52.0 Å². The van der Waals surface area contributed by atoms with Crippen LogP contribution in [0.3, 0.4) is 0 Å². The Morgan fingerprint density at radius 1 is 0.955 bits per heavy atom. The minimum absolute atomic E-state index is 0.336. The zero-order valence-corrected chi connectivity index (χ0v) is 13.7. The van der Waals surface area contributed by atoms with Gasteiger partial charge in [0.1, 0.15) is 0 Å². The molecule has 3 rings (SSSR count). The lowest BCUT2D eigenvalue weighted by atomic mass is 9.83. The quantitative estimate of drug-likeness (QED) is 0.816. The van der Waals surface area contributed by atoms with Crippen molar-refractivity contribution in [2.45, 2.75) is 32.1 Å². The van der Waals surface area contributed by atoms with Gasteiger partial charge in [-0.05, 0) is 55.7 Å². The Kier molecular flexibility index (Phi) is 5.88. The van der Waals surface area contributed by atoms with Crippen LogP contribution in [0.2, 0.25) is 0 Å². The van der Waals surface area contributed by atoms with E-state index in [4.69, 9.17) is 5.11 Å². The maximum absolute atomic E-state index is 8.86. The van der Waals surface area contributed by atoms with Gasteiger partial charge in [0.05, 0.1) is 0 Å². The lowest BCUT2D eigenvalue weighted by molar-refractivity contribution is 0.112. The largest absolute Gasteiger partial charge is 0.396 e. The number of rotatable bonds is 6. The molecule has 122 valence electrons. The molecule has 1 N–H and O–H groups in total. The van der Waals surface area contributed by atoms with Crippen LogP contribution in [0.1, 0.15) is 30.4 Å². The van der Waals surface area contributed by atoms with Crippen molar-refractivity contribution >= 4 is 0 Å². The molecule has 3 heteroatoms. The van der Waals surface area contributed by atoms with E-state index < -0.39 is 0 Å². The molecule has 2 aliphatic rings. The Bertz CT molecular complexity index is 455. The standard InChI is InChI=1S/C19H30N2O/c22-14-4-3-9-20-10-12-21(13-11-20)16-17-7-8-18-5-1-2-6-19(18)15-17/h1-2,5-6,17,22H,3-4,7-16H2. The fraction of sp³-hybridized carbons (Fsp3) is 0.684. The van der Waals surface area contributed by atoms with Crippen molar-refractivity contribution in [3.63, 3.8) is 0 Å². The Hall–Kier alpha value is -0.900. The van der Waals surface area contributed by atoms with Crippen LogP contribution < -0.4 is 0 Å². The number of piperazine rings is 1. The molecule has 0 bridgehead atoms. The number of unbranched alkanes of at least 4 members (excludes halogenated alkanes) is 1. The Labute approximate surface area is 134 Å². The van der Waals surface area contributed by atoms with Crippen LogP contribution in [0.4, 0.5) is 0 Å². The fourth-order valence-corrected chi connectivity index (χ4v) is 3.94. The molecular formula is C19H30N2O. The van der Waals surface area contributed by atoms with Crippen molar-refractivity contribution in [3.8, 4) is 0 Å². The molecule has 0 amide bonds. The van der Waals surface area contributed by atoms with Gasteiger partial charge in [-0.2, -0.15) is 0 Å². The van der Waals surface area contributed by atoms with Gasteiger partial charge in [-0.25, -0.2) is 0 Å². The third-order valence-electron chi connectivity index (χ3n) is 5.31. The van der Waals surface area contributed by atoms with Crippen LogP contribution in [0.15, 0.2) is 24.3 Å². The first kappa shape index (κ1) is 16.0. The molecule has 1 unspecified atom stereocenters. The van der Waals surface area contributed by atoms with Crippen molar-refractivity contribution in [1.82, 2.24) is 9.80 Å². The van der Waals surface area contributed by atoms with E-state index in [1.807, 2.05) is 0 Å². The summed E-state index contributed by atoms with van der Waals surface area (Å²) in [6.07, 6.45) is 5.97. The van der Waals surface area contributed by atoms with E-state index in [1.54, 1.807) is 11.1 Å². The van der Waals surface area contributed by atoms with Crippen LogP contribution in [0.25, 0.3) is 0 Å². The summed E-state index contributed by atoms with van der Waals surface area (Å²) < 4.78 is 0. The molecule has 1 atom stereocenters. The lowest BCUT2D eigenvalue weighted by Gasteiger charge is -2.37. The summed E-state index contributed by atoms with van der Waals surface area (Å²) in [7, 11) is 0. The second kappa shape index (κ2) is 8.09. The van der Waals surface area contributed by atoms with Gasteiger partial charge < -0.3 is 14.9 Å². The number of aliphatic hydroxyl groups is 1. The van der Waals surface area contributed by atoms with E-state index >= 15 is 0 Å². The average Bonchev–Trinajstić information content (AvgIpc) is 2.57. The summed E-state index contributed by atoms with van der Waals surface area (Å²) in [5.74, 6) is 0.843. The molecule has 22 heavy (non-hydrogen) atoms. The van der Waals surface area contributed by atoms with Crippen molar-refractivity contribution in [2.75, 3.05) is 45.9 Å². The van der Waals surface area contributed by atoms with Crippen LogP contribution in [0.5, 0.6) is 0 Å². The number of aliphatic hydroxyl groups excluding tert-OH is 1. The maximum Gasteiger partial charge on any atom is 0.0431 e. The summed E-state index contributed by atoms with van der Waals surface area (Å²) in [6, 6.07) is 8.98. The number of hydrogen-bond donors (Lipinski definition) is 1. The van der Waals surface area contributed by atoms with Crippen LogP contribution >= 0.6 is 0 Å². The number of benzene rings is 1. The number of hydrogen-bond acceptors (Lipinski definition) is 3. The van der Waals surface area contributed by atoms with Gasteiger partial charge in [0.2, 0.25) is 0 Å². The van der Waals surface area contributed by atoms with Crippen molar-refractivity contribution in [1.29, 1.82) is 0 Å². The predicted octanol–water partition coefficient (Wildman–Crippen LogP) is 2.18. The lowest BCUT2D eigenvalue weighted by Crippen LogP contribution is -2.48. The van der Waals surface area contributed by atoms with Gasteiger partial charge in [0.15, 0.2) is 0 Å². The molecule has 1 aromatic rings. The van der Waals surface area contributed by atoms with E-state index in [0.717, 1.165) is 25.3 Å². The fourth-order valence-electron chi connectivity index (χ4n) is 3.94. The molecule has 0 saturated carbocycles. The van der Waals surface area contributed by atoms with Gasteiger partial charge in [0.25, 0.3) is 0 Å². The van der Waals surface area contributed by atoms with Gasteiger partial charge in [-0.1, -0.05) is 24.3 Å². The molecule has 1 aromatic carbocycles. The predicted molar refractivity (Wildman–Crippen MR) is 91.2 cm³/mol. The Balaban J connectivity index is 1.40. The van der Waals surface area contributed by atoms with E-state index in [0.29, 0.717) is 6.61 Å². The first-order valence-corrected chi connectivity index (χ1v) is 8.97. The summed E-state index contributed by atoms with van der Waals surface area (Å²) in [4.78, 5) is 5.23. The molecule has 0 radical (unpaired) electrons. The van der Waals surface area contributed by atoms with Crippen molar-refractivity contribution < 1.29 is 5.11 Å². The topological polar surface area (TPSA) is 26.7 Å². The first-order valence-electron chi connectivity index (χ1n) is 8.97. The maximum atomic E-state index is 8.86. The van der Waals surface area contributed by atoms with E-state index in [-0.39, 0.29) is 0 Å². The van der Waals surface area contributed by atoms with Crippen LogP contribution in [0, 0.1) is 5.92 Å². The average molecular weight is 302 g/mol. The zero-order chi connectivity index (χ0) is 15.2.